The summed E-state index contributed by atoms with van der Waals surface area (Å²) in [4.78, 5) is 23.7. The molecule has 1 aliphatic rings. The van der Waals surface area contributed by atoms with Crippen molar-refractivity contribution < 1.29 is 19.4 Å². The summed E-state index contributed by atoms with van der Waals surface area (Å²) in [5.74, 6) is -0.626. The van der Waals surface area contributed by atoms with Gasteiger partial charge in [0.05, 0.1) is 12.0 Å². The van der Waals surface area contributed by atoms with Crippen molar-refractivity contribution in [3.05, 3.63) is 23.8 Å². The van der Waals surface area contributed by atoms with Crippen LogP contribution < -0.4 is 0 Å². The topological polar surface area (TPSA) is 63.6 Å². The summed E-state index contributed by atoms with van der Waals surface area (Å²) in [5.41, 5.74) is 1.80. The van der Waals surface area contributed by atoms with Gasteiger partial charge in [-0.3, -0.25) is 9.59 Å². The molecule has 0 radical (unpaired) electrons. The molecule has 0 aliphatic carbocycles. The van der Waals surface area contributed by atoms with Gasteiger partial charge in [-0.25, -0.2) is 0 Å². The first-order valence-corrected chi connectivity index (χ1v) is 8.87. The third-order valence-electron chi connectivity index (χ3n) is 5.10. The molecule has 6 atom stereocenters. The molecular weight excluding hydrogens is 304 g/mol. The Bertz CT molecular complexity index is 520. The predicted octanol–water partition coefficient (Wildman–Crippen LogP) is 3.69. The first kappa shape index (κ1) is 20.6. The Morgan fingerprint density at radius 1 is 1.38 bits per heavy atom. The van der Waals surface area contributed by atoms with E-state index in [9.17, 15) is 14.7 Å². The summed E-state index contributed by atoms with van der Waals surface area (Å²) < 4.78 is 5.20. The molecule has 1 rings (SSSR count). The van der Waals surface area contributed by atoms with Crippen molar-refractivity contribution in [2.24, 2.45) is 23.7 Å². The maximum absolute atomic E-state index is 12.5. The number of esters is 1. The lowest BCUT2D eigenvalue weighted by molar-refractivity contribution is -0.188. The Balaban J connectivity index is 2.61. The maximum Gasteiger partial charge on any atom is 0.312 e. The molecule has 0 aromatic heterocycles. The number of cyclic esters (lactones) is 1. The molecule has 136 valence electrons. The summed E-state index contributed by atoms with van der Waals surface area (Å²) in [7, 11) is 0. The zero-order chi connectivity index (χ0) is 18.6. The third-order valence-corrected chi connectivity index (χ3v) is 5.10. The number of hydrogen-bond donors (Lipinski definition) is 1. The van der Waals surface area contributed by atoms with E-state index < -0.39 is 12.0 Å². The van der Waals surface area contributed by atoms with E-state index in [1.807, 2.05) is 33.8 Å². The Hall–Kier alpha value is -1.42. The molecule has 0 amide bonds. The van der Waals surface area contributed by atoms with E-state index in [4.69, 9.17) is 4.74 Å². The van der Waals surface area contributed by atoms with E-state index in [1.54, 1.807) is 6.92 Å². The summed E-state index contributed by atoms with van der Waals surface area (Å²) in [6, 6.07) is 0. The van der Waals surface area contributed by atoms with E-state index in [0.29, 0.717) is 12.0 Å². The predicted molar refractivity (Wildman–Crippen MR) is 95.4 cm³/mol. The molecule has 1 aliphatic heterocycles. The first-order chi connectivity index (χ1) is 11.1. The van der Waals surface area contributed by atoms with Crippen LogP contribution >= 0.6 is 0 Å². The molecule has 0 bridgehead atoms. The van der Waals surface area contributed by atoms with E-state index >= 15 is 0 Å². The largest absolute Gasteiger partial charge is 0.461 e. The molecular formula is C20H32O4. The van der Waals surface area contributed by atoms with Crippen LogP contribution in [-0.2, 0) is 14.3 Å². The highest BCUT2D eigenvalue weighted by atomic mass is 16.6. The standard InChI is InChI=1S/C20H32O4/c1-8-12(3)17(21)15(6)18(22)13(4)9-11(2)10-14(5)19-16(7)20(23)24-19/h9,13-17,19,21H,3,8,10H2,1-2,4-7H3/t13-,14+,15+,16+,17-,19+/m0/s1. The Kier molecular flexibility index (Phi) is 7.40. The van der Waals surface area contributed by atoms with Crippen LogP contribution in [0.15, 0.2) is 23.8 Å². The van der Waals surface area contributed by atoms with Gasteiger partial charge in [0.1, 0.15) is 11.9 Å². The summed E-state index contributed by atoms with van der Waals surface area (Å²) in [6.07, 6.45) is 2.60. The van der Waals surface area contributed by atoms with E-state index in [1.165, 1.54) is 0 Å². The van der Waals surface area contributed by atoms with Crippen molar-refractivity contribution in [3.8, 4) is 0 Å². The van der Waals surface area contributed by atoms with Gasteiger partial charge in [0.15, 0.2) is 0 Å². The van der Waals surface area contributed by atoms with Gasteiger partial charge in [-0.1, -0.05) is 45.9 Å². The van der Waals surface area contributed by atoms with Crippen LogP contribution in [0.5, 0.6) is 0 Å². The molecule has 1 heterocycles. The lowest BCUT2D eigenvalue weighted by atomic mass is 9.83. The van der Waals surface area contributed by atoms with Crippen molar-refractivity contribution in [1.29, 1.82) is 0 Å². The molecule has 4 heteroatoms. The minimum absolute atomic E-state index is 0.0209. The number of hydrogen-bond acceptors (Lipinski definition) is 4. The summed E-state index contributed by atoms with van der Waals surface area (Å²) in [5, 5.41) is 10.2. The molecule has 4 nitrogen and oxygen atoms in total. The van der Waals surface area contributed by atoms with Crippen molar-refractivity contribution in [1.82, 2.24) is 0 Å². The lowest BCUT2D eigenvalue weighted by Crippen LogP contribution is -2.47. The van der Waals surface area contributed by atoms with Crippen LogP contribution in [0.25, 0.3) is 0 Å². The smallest absolute Gasteiger partial charge is 0.312 e. The zero-order valence-corrected chi connectivity index (χ0v) is 15.8. The summed E-state index contributed by atoms with van der Waals surface area (Å²) >= 11 is 0. The van der Waals surface area contributed by atoms with Crippen molar-refractivity contribution in [2.75, 3.05) is 0 Å². The average Bonchev–Trinajstić information content (AvgIpc) is 2.55. The molecule has 1 saturated heterocycles. The molecule has 0 spiro atoms. The van der Waals surface area contributed by atoms with Gasteiger partial charge in [0, 0.05) is 11.8 Å². The van der Waals surface area contributed by atoms with Gasteiger partial charge in [0.25, 0.3) is 0 Å². The normalized spacial score (nSPS) is 26.0. The molecule has 0 saturated carbocycles. The van der Waals surface area contributed by atoms with Crippen molar-refractivity contribution >= 4 is 11.8 Å². The number of ketones is 1. The van der Waals surface area contributed by atoms with Crippen molar-refractivity contribution in [2.45, 2.75) is 66.6 Å². The van der Waals surface area contributed by atoms with Crippen LogP contribution in [0.2, 0.25) is 0 Å². The second-order valence-corrected chi connectivity index (χ2v) is 7.32. The van der Waals surface area contributed by atoms with Gasteiger partial charge in [0.2, 0.25) is 0 Å². The fourth-order valence-electron chi connectivity index (χ4n) is 3.35. The van der Waals surface area contributed by atoms with E-state index in [-0.39, 0.29) is 35.6 Å². The highest BCUT2D eigenvalue weighted by Gasteiger charge is 2.41. The number of allylic oxidation sites excluding steroid dienone is 2. The Morgan fingerprint density at radius 3 is 2.42 bits per heavy atom. The minimum atomic E-state index is -0.784. The Labute approximate surface area is 146 Å². The second-order valence-electron chi connectivity index (χ2n) is 7.32. The van der Waals surface area contributed by atoms with E-state index in [2.05, 4.69) is 13.5 Å². The SMILES string of the molecule is C=C(CC)[C@H](O)[C@@H](C)C(=O)[C@@H](C)C=C(C)C[C@@H](C)[C@H]1OC(=O)[C@@H]1C. The fraction of sp³-hybridized carbons (Fsp3) is 0.700. The number of ether oxygens (including phenoxy) is 1. The van der Waals surface area contributed by atoms with Crippen LogP contribution in [0.3, 0.4) is 0 Å². The molecule has 1 N–H and O–H groups in total. The average molecular weight is 336 g/mol. The first-order valence-electron chi connectivity index (χ1n) is 8.87. The van der Waals surface area contributed by atoms with Crippen LogP contribution in [0.4, 0.5) is 0 Å². The number of rotatable bonds is 9. The van der Waals surface area contributed by atoms with Crippen LogP contribution in [0, 0.1) is 23.7 Å². The number of aliphatic hydroxyl groups is 1. The number of carbonyl (C=O) groups is 2. The molecule has 0 aromatic rings. The molecule has 0 aromatic carbocycles. The number of aliphatic hydroxyl groups excluding tert-OH is 1. The highest BCUT2D eigenvalue weighted by Crippen LogP contribution is 2.32. The second kappa shape index (κ2) is 8.61. The third kappa shape index (κ3) is 4.79. The van der Waals surface area contributed by atoms with Gasteiger partial charge in [-0.15, -0.1) is 0 Å². The minimum Gasteiger partial charge on any atom is -0.461 e. The van der Waals surface area contributed by atoms with Gasteiger partial charge in [-0.05, 0) is 38.2 Å². The van der Waals surface area contributed by atoms with Crippen LogP contribution in [-0.4, -0.2) is 29.1 Å². The lowest BCUT2D eigenvalue weighted by Gasteiger charge is -2.37. The fourth-order valence-corrected chi connectivity index (χ4v) is 3.35. The number of carbonyl (C=O) groups excluding carboxylic acids is 2. The van der Waals surface area contributed by atoms with Gasteiger partial charge in [-0.2, -0.15) is 0 Å². The summed E-state index contributed by atoms with van der Waals surface area (Å²) in [6.45, 7) is 15.3. The molecule has 24 heavy (non-hydrogen) atoms. The molecule has 0 unspecified atom stereocenters. The van der Waals surface area contributed by atoms with Crippen molar-refractivity contribution in [3.63, 3.8) is 0 Å². The van der Waals surface area contributed by atoms with Gasteiger partial charge >= 0.3 is 5.97 Å². The maximum atomic E-state index is 12.5. The van der Waals surface area contributed by atoms with Gasteiger partial charge < -0.3 is 9.84 Å². The number of Topliss-reactive ketones (excluding diaryl/α,β-unsaturated/α-hetero) is 1. The zero-order valence-electron chi connectivity index (χ0n) is 15.8. The molecule has 1 fully saturated rings. The Morgan fingerprint density at radius 2 is 1.96 bits per heavy atom. The van der Waals surface area contributed by atoms with E-state index in [0.717, 1.165) is 12.0 Å². The quantitative estimate of drug-likeness (QED) is 0.515. The highest BCUT2D eigenvalue weighted by molar-refractivity contribution is 5.85. The monoisotopic (exact) mass is 336 g/mol. The van der Waals surface area contributed by atoms with Crippen LogP contribution in [0.1, 0.15) is 54.4 Å².